The Morgan fingerprint density at radius 2 is 1.79 bits per heavy atom. The zero-order chi connectivity index (χ0) is 26.9. The van der Waals surface area contributed by atoms with Crippen molar-refractivity contribution in [2.45, 2.75) is 6.92 Å². The van der Waals surface area contributed by atoms with Gasteiger partial charge in [0.25, 0.3) is 0 Å². The van der Waals surface area contributed by atoms with Crippen LogP contribution in [0.5, 0.6) is 5.75 Å². The molecule has 1 aliphatic rings. The van der Waals surface area contributed by atoms with E-state index in [1.807, 2.05) is 61.5 Å². The molecule has 4 N–H and O–H groups in total. The Hall–Kier alpha value is -4.54. The third kappa shape index (κ3) is 7.73. The summed E-state index contributed by atoms with van der Waals surface area (Å²) < 4.78 is 5.40. The number of phenolic OH excluding ortho intramolecular Hbond substituents is 1. The van der Waals surface area contributed by atoms with Crippen molar-refractivity contribution in [1.29, 1.82) is 0 Å². The molecule has 1 aliphatic heterocycles. The number of rotatable bonds is 10. The van der Waals surface area contributed by atoms with Gasteiger partial charge in [-0.1, -0.05) is 24.3 Å². The Balaban J connectivity index is 1.12. The summed E-state index contributed by atoms with van der Waals surface area (Å²) in [5.74, 6) is 1.44. The van der Waals surface area contributed by atoms with E-state index in [1.165, 1.54) is 0 Å². The first-order valence-electron chi connectivity index (χ1n) is 12.9. The lowest BCUT2D eigenvalue weighted by atomic mass is 10.1. The Labute approximate surface area is 227 Å². The number of hydrogen-bond donors (Lipinski definition) is 4. The Kier molecular flexibility index (Phi) is 8.57. The van der Waals surface area contributed by atoms with Gasteiger partial charge in [0.1, 0.15) is 11.6 Å². The zero-order valence-corrected chi connectivity index (χ0v) is 21.8. The fourth-order valence-corrected chi connectivity index (χ4v) is 4.19. The van der Waals surface area contributed by atoms with Gasteiger partial charge in [-0.05, 0) is 54.4 Å². The van der Waals surface area contributed by atoms with E-state index in [0.29, 0.717) is 11.6 Å². The van der Waals surface area contributed by atoms with E-state index in [2.05, 4.69) is 41.0 Å². The molecule has 0 saturated carbocycles. The lowest BCUT2D eigenvalue weighted by Gasteiger charge is -2.26. The molecule has 200 valence electrons. The number of nitrogens with zero attached hydrogens (tertiary/aromatic N) is 5. The van der Waals surface area contributed by atoms with Crippen LogP contribution in [0.1, 0.15) is 11.4 Å². The minimum absolute atomic E-state index is 0.253. The number of aryl methyl sites for hydroxylation is 1. The summed E-state index contributed by atoms with van der Waals surface area (Å²) in [4.78, 5) is 15.7. The average Bonchev–Trinajstić information content (AvgIpc) is 2.95. The second-order valence-corrected chi connectivity index (χ2v) is 9.19. The second-order valence-electron chi connectivity index (χ2n) is 9.19. The van der Waals surface area contributed by atoms with Gasteiger partial charge >= 0.3 is 0 Å². The van der Waals surface area contributed by atoms with E-state index in [0.717, 1.165) is 73.4 Å². The maximum absolute atomic E-state index is 9.70. The van der Waals surface area contributed by atoms with Crippen molar-refractivity contribution in [2.24, 2.45) is 5.10 Å². The molecule has 0 aliphatic carbocycles. The molecule has 1 fully saturated rings. The summed E-state index contributed by atoms with van der Waals surface area (Å²) in [5, 5.41) is 20.7. The number of hydrazone groups is 1. The number of pyridine rings is 1. The first-order chi connectivity index (χ1) is 19.1. The van der Waals surface area contributed by atoms with Crippen molar-refractivity contribution in [3.63, 3.8) is 0 Å². The number of morpholine rings is 1. The van der Waals surface area contributed by atoms with E-state index in [-0.39, 0.29) is 5.75 Å². The number of ether oxygens (including phenoxy) is 1. The summed E-state index contributed by atoms with van der Waals surface area (Å²) in [5.41, 5.74) is 8.24. The van der Waals surface area contributed by atoms with Crippen molar-refractivity contribution in [3.05, 3.63) is 84.3 Å². The lowest BCUT2D eigenvalue weighted by Crippen LogP contribution is -2.39. The van der Waals surface area contributed by atoms with Crippen molar-refractivity contribution in [2.75, 3.05) is 55.5 Å². The Morgan fingerprint density at radius 3 is 2.56 bits per heavy atom. The highest BCUT2D eigenvalue weighted by atomic mass is 16.5. The van der Waals surface area contributed by atoms with Crippen molar-refractivity contribution >= 4 is 29.4 Å². The molecular weight excluding hydrogens is 492 g/mol. The molecule has 10 heteroatoms. The molecule has 0 spiro atoms. The first kappa shape index (κ1) is 26.1. The molecule has 5 rings (SSSR count). The second kappa shape index (κ2) is 12.8. The molecule has 0 radical (unpaired) electrons. The highest BCUT2D eigenvalue weighted by Gasteiger charge is 2.10. The van der Waals surface area contributed by atoms with Gasteiger partial charge in [0, 0.05) is 43.6 Å². The van der Waals surface area contributed by atoms with Crippen molar-refractivity contribution in [3.8, 4) is 16.9 Å². The predicted molar refractivity (Wildman–Crippen MR) is 155 cm³/mol. The number of anilines is 4. The van der Waals surface area contributed by atoms with Crippen LogP contribution in [0.25, 0.3) is 11.1 Å². The number of aromatic nitrogens is 3. The molecule has 10 nitrogen and oxygen atoms in total. The number of hydrogen-bond acceptors (Lipinski definition) is 10. The smallest absolute Gasteiger partial charge is 0.245 e. The standard InChI is InChI=1S/C29H32N8O2/c1-21-17-28(30-11-12-37-13-15-39-16-14-37)35-29(33-21)36-32-20-25-9-10-26(19-31-25)34-24-7-5-22(6-8-24)23-3-2-4-27(38)18-23/h2-10,17-20,34,38H,11-16H2,1H3,(H2,30,33,35,36)/b32-20+. The van der Waals surface area contributed by atoms with Gasteiger partial charge in [-0.3, -0.25) is 9.88 Å². The van der Waals surface area contributed by atoms with Crippen LogP contribution in [0.3, 0.4) is 0 Å². The molecule has 3 heterocycles. The monoisotopic (exact) mass is 524 g/mol. The van der Waals surface area contributed by atoms with Crippen LogP contribution in [0.15, 0.2) is 78.0 Å². The highest BCUT2D eigenvalue weighted by Crippen LogP contribution is 2.25. The van der Waals surface area contributed by atoms with E-state index in [9.17, 15) is 5.11 Å². The van der Waals surface area contributed by atoms with Crippen LogP contribution in [0.2, 0.25) is 0 Å². The number of aromatic hydroxyl groups is 1. The minimum Gasteiger partial charge on any atom is -0.508 e. The largest absolute Gasteiger partial charge is 0.508 e. The fraction of sp³-hybridized carbons (Fsp3) is 0.241. The van der Waals surface area contributed by atoms with Gasteiger partial charge in [-0.25, -0.2) is 10.4 Å². The van der Waals surface area contributed by atoms with E-state index < -0.39 is 0 Å². The molecule has 39 heavy (non-hydrogen) atoms. The quantitative estimate of drug-likeness (QED) is 0.176. The van der Waals surface area contributed by atoms with Gasteiger partial charge in [-0.15, -0.1) is 0 Å². The van der Waals surface area contributed by atoms with E-state index in [1.54, 1.807) is 24.5 Å². The summed E-state index contributed by atoms with van der Waals surface area (Å²) in [6, 6.07) is 21.0. The van der Waals surface area contributed by atoms with Gasteiger partial charge in [-0.2, -0.15) is 10.1 Å². The van der Waals surface area contributed by atoms with Crippen LogP contribution < -0.4 is 16.1 Å². The molecule has 2 aromatic carbocycles. The zero-order valence-electron chi connectivity index (χ0n) is 21.8. The molecular formula is C29H32N8O2. The van der Waals surface area contributed by atoms with Crippen LogP contribution in [0, 0.1) is 6.92 Å². The van der Waals surface area contributed by atoms with Gasteiger partial charge in [0.05, 0.1) is 37.0 Å². The fourth-order valence-electron chi connectivity index (χ4n) is 4.19. The molecule has 0 atom stereocenters. The third-order valence-corrected chi connectivity index (χ3v) is 6.19. The topological polar surface area (TPSA) is 120 Å². The van der Waals surface area contributed by atoms with Gasteiger partial charge in [0.15, 0.2) is 0 Å². The maximum Gasteiger partial charge on any atom is 0.245 e. The van der Waals surface area contributed by atoms with Crippen LogP contribution in [0.4, 0.5) is 23.1 Å². The van der Waals surface area contributed by atoms with Crippen molar-refractivity contribution < 1.29 is 9.84 Å². The highest BCUT2D eigenvalue weighted by molar-refractivity contribution is 5.78. The van der Waals surface area contributed by atoms with Crippen LogP contribution in [-0.4, -0.2) is 70.6 Å². The van der Waals surface area contributed by atoms with Gasteiger partial charge in [0.2, 0.25) is 5.95 Å². The minimum atomic E-state index is 0.253. The molecule has 0 amide bonds. The van der Waals surface area contributed by atoms with E-state index in [4.69, 9.17) is 4.74 Å². The summed E-state index contributed by atoms with van der Waals surface area (Å²) >= 11 is 0. The van der Waals surface area contributed by atoms with Crippen LogP contribution >= 0.6 is 0 Å². The SMILES string of the molecule is Cc1cc(NCCN2CCOCC2)nc(N/N=C/c2ccc(Nc3ccc(-c4cccc(O)c4)cc3)cn2)n1. The maximum atomic E-state index is 9.70. The van der Waals surface area contributed by atoms with Crippen molar-refractivity contribution in [1.82, 2.24) is 19.9 Å². The average molecular weight is 525 g/mol. The van der Waals surface area contributed by atoms with Gasteiger partial charge < -0.3 is 20.5 Å². The Bertz CT molecular complexity index is 1390. The molecule has 4 aromatic rings. The Morgan fingerprint density at radius 1 is 0.974 bits per heavy atom. The summed E-state index contributed by atoms with van der Waals surface area (Å²) in [6.07, 6.45) is 3.38. The molecule has 2 aromatic heterocycles. The number of phenols is 1. The number of benzene rings is 2. The first-order valence-corrected chi connectivity index (χ1v) is 12.9. The molecule has 0 bridgehead atoms. The molecule has 0 unspecified atom stereocenters. The lowest BCUT2D eigenvalue weighted by molar-refractivity contribution is 0.0398. The van der Waals surface area contributed by atoms with E-state index >= 15 is 0 Å². The third-order valence-electron chi connectivity index (χ3n) is 6.19. The normalized spacial score (nSPS) is 13.9. The summed E-state index contributed by atoms with van der Waals surface area (Å²) in [6.45, 7) is 7.18. The summed E-state index contributed by atoms with van der Waals surface area (Å²) in [7, 11) is 0. The number of nitrogens with one attached hydrogen (secondary N) is 3. The van der Waals surface area contributed by atoms with Crippen LogP contribution in [-0.2, 0) is 4.74 Å². The predicted octanol–water partition coefficient (Wildman–Crippen LogP) is 4.49. The molecule has 1 saturated heterocycles.